The minimum atomic E-state index is -1.62. The number of carbonyl (C=O) groups is 3. The monoisotopic (exact) mass is 859 g/mol. The van der Waals surface area contributed by atoms with E-state index in [4.69, 9.17) is 9.47 Å². The number of ketones is 1. The number of aromatic hydroxyl groups is 1. The van der Waals surface area contributed by atoms with Gasteiger partial charge in [-0.1, -0.05) is 74.8 Å². The molecule has 8 atom stereocenters. The third-order valence-electron chi connectivity index (χ3n) is 14.5. The zero-order valence-electron chi connectivity index (χ0n) is 36.4. The molecule has 0 aromatic heterocycles. The fourth-order valence-electron chi connectivity index (χ4n) is 11.1. The van der Waals surface area contributed by atoms with E-state index in [9.17, 15) is 35.1 Å². The lowest BCUT2D eigenvalue weighted by atomic mass is 9.64. The number of aliphatic hydroxyl groups is 4. The zero-order valence-corrected chi connectivity index (χ0v) is 36.4. The quantitative estimate of drug-likeness (QED) is 0.0820. The van der Waals surface area contributed by atoms with E-state index in [-0.39, 0.29) is 74.0 Å². The molecule has 334 valence electrons. The Hall–Kier alpha value is -4.99. The minimum Gasteiger partial charge on any atom is -0.508 e. The molecule has 0 saturated heterocycles. The molecule has 3 heterocycles. The third-order valence-corrected chi connectivity index (χ3v) is 14.5. The van der Waals surface area contributed by atoms with E-state index < -0.39 is 59.0 Å². The predicted octanol–water partition coefficient (Wildman–Crippen LogP) is 6.98. The van der Waals surface area contributed by atoms with Gasteiger partial charge in [-0.25, -0.2) is 4.79 Å². The summed E-state index contributed by atoms with van der Waals surface area (Å²) in [7, 11) is 0. The first-order valence-corrected chi connectivity index (χ1v) is 23.0. The highest BCUT2D eigenvalue weighted by molar-refractivity contribution is 5.89. The van der Waals surface area contributed by atoms with Crippen molar-refractivity contribution in [3.05, 3.63) is 99.6 Å². The lowest BCUT2D eigenvalue weighted by Gasteiger charge is -2.45. The maximum absolute atomic E-state index is 15.3. The molecule has 2 fully saturated rings. The second-order valence-corrected chi connectivity index (χ2v) is 18.9. The largest absolute Gasteiger partial charge is 0.508 e. The van der Waals surface area contributed by atoms with Crippen LogP contribution < -0.4 is 10.1 Å². The third kappa shape index (κ3) is 9.33. The molecule has 63 heavy (non-hydrogen) atoms. The first-order valence-electron chi connectivity index (χ1n) is 23.0. The standard InChI is InChI=1S/C52H61NO10/c1-3-14-52(61)41-12-13-44(56)37(22-41)17-32-8-7-9-40(19-32)51(15-5-4-6-16-51)47(58)25-39-21-34(36-18-33(30-54)20-42(23-36)53-29-31(2)55)10-11-35-27-49(59)62-46-28-45(57)38(24-43(35)46)26-48(52)63-50(39)60/h7-9,18-20,23-25,28,31,34-35,37,41,47-48,53-55,57-58,61H,3-6,12-17,21-22,26-27,29-30H2,1-2H3/b39-25-/t31-,34+,35+,37-,41+,47+,48+,52-/m0/s1. The van der Waals surface area contributed by atoms with Crippen LogP contribution in [-0.2, 0) is 44.0 Å². The Kier molecular flexibility index (Phi) is 13.2. The molecule has 3 aromatic rings. The van der Waals surface area contributed by atoms with Gasteiger partial charge in [-0.05, 0) is 110 Å². The van der Waals surface area contributed by atoms with Crippen molar-refractivity contribution < 1.29 is 49.4 Å². The molecule has 6 N–H and O–H groups in total. The second kappa shape index (κ2) is 18.6. The van der Waals surface area contributed by atoms with Crippen LogP contribution in [0, 0.1) is 23.7 Å². The second-order valence-electron chi connectivity index (χ2n) is 18.9. The lowest BCUT2D eigenvalue weighted by Crippen LogP contribution is -2.54. The molecule has 0 radical (unpaired) electrons. The van der Waals surface area contributed by atoms with Crippen molar-refractivity contribution in [3.63, 3.8) is 0 Å². The van der Waals surface area contributed by atoms with Crippen LogP contribution in [0.25, 0.3) is 0 Å². The number of aliphatic hydroxyl groups excluding tert-OH is 3. The van der Waals surface area contributed by atoms with Crippen LogP contribution in [0.15, 0.2) is 66.2 Å². The van der Waals surface area contributed by atoms with Crippen LogP contribution >= 0.6 is 0 Å². The maximum atomic E-state index is 15.3. The summed E-state index contributed by atoms with van der Waals surface area (Å²) in [5.74, 6) is 3.44. The Morgan fingerprint density at radius 1 is 0.952 bits per heavy atom. The van der Waals surface area contributed by atoms with Crippen molar-refractivity contribution in [1.82, 2.24) is 0 Å². The van der Waals surface area contributed by atoms with Gasteiger partial charge < -0.3 is 40.3 Å². The Morgan fingerprint density at radius 2 is 1.75 bits per heavy atom. The molecule has 0 amide bonds. The molecule has 3 aliphatic heterocycles. The topological polar surface area (TPSA) is 183 Å². The van der Waals surface area contributed by atoms with Gasteiger partial charge in [-0.3, -0.25) is 9.59 Å². The number of phenols is 1. The van der Waals surface area contributed by atoms with Gasteiger partial charge in [0, 0.05) is 59.5 Å². The van der Waals surface area contributed by atoms with E-state index in [0.717, 1.165) is 30.4 Å². The maximum Gasteiger partial charge on any atom is 0.334 e. The molecule has 11 nitrogen and oxygen atoms in total. The summed E-state index contributed by atoms with van der Waals surface area (Å²) >= 11 is 0. The average Bonchev–Trinajstić information content (AvgIpc) is 3.27. The average molecular weight is 860 g/mol. The molecule has 8 rings (SSSR count). The molecule has 11 heteroatoms. The fraction of sp³-hybridized carbons (Fsp3) is 0.519. The number of hydrogen-bond acceptors (Lipinski definition) is 11. The number of ether oxygens (including phenoxy) is 2. The van der Waals surface area contributed by atoms with Gasteiger partial charge in [0.2, 0.25) is 0 Å². The smallest absolute Gasteiger partial charge is 0.334 e. The number of rotatable bonds is 7. The SMILES string of the molecule is CCC[C@]1(O)[C@@H]2CCC(=O)[C@@H](Cc3cccc(c3)C3(CCCCC3)[C@H](O)/C=C3/C[C@H](c4cc(CO)cc(NC[C@H](C)O)c4)C#C[C@@H]4CC(=O)Oc5cc(O)c(cc54)C[C@H]1OC3=O)C2. The number of carbonyl (C=O) groups excluding carboxylic acids is 3. The van der Waals surface area contributed by atoms with Crippen LogP contribution in [0.1, 0.15) is 136 Å². The van der Waals surface area contributed by atoms with Crippen molar-refractivity contribution in [2.24, 2.45) is 11.8 Å². The highest BCUT2D eigenvalue weighted by atomic mass is 16.6. The van der Waals surface area contributed by atoms with E-state index in [1.807, 2.05) is 37.3 Å². The van der Waals surface area contributed by atoms with Gasteiger partial charge in [-0.2, -0.15) is 0 Å². The van der Waals surface area contributed by atoms with Gasteiger partial charge in [0.15, 0.2) is 0 Å². The van der Waals surface area contributed by atoms with E-state index >= 15 is 4.79 Å². The number of hydrogen-bond donors (Lipinski definition) is 6. The summed E-state index contributed by atoms with van der Waals surface area (Å²) in [4.78, 5) is 42.1. The summed E-state index contributed by atoms with van der Waals surface area (Å²) in [5.41, 5.74) is 2.55. The molecule has 1 spiro atoms. The molecule has 3 aromatic carbocycles. The highest BCUT2D eigenvalue weighted by Gasteiger charge is 2.50. The van der Waals surface area contributed by atoms with Gasteiger partial charge in [0.05, 0.1) is 31.2 Å². The van der Waals surface area contributed by atoms with Gasteiger partial charge in [0.1, 0.15) is 29.0 Å². The first-order chi connectivity index (χ1) is 30.3. The number of anilines is 1. The Balaban J connectivity index is 1.37. The van der Waals surface area contributed by atoms with Crippen LogP contribution in [0.5, 0.6) is 11.5 Å². The number of benzene rings is 3. The van der Waals surface area contributed by atoms with Crippen LogP contribution in [0.3, 0.4) is 0 Å². The molecule has 2 aliphatic carbocycles. The van der Waals surface area contributed by atoms with E-state index in [0.29, 0.717) is 66.5 Å². The predicted molar refractivity (Wildman–Crippen MR) is 237 cm³/mol. The fourth-order valence-corrected chi connectivity index (χ4v) is 11.1. The van der Waals surface area contributed by atoms with E-state index in [1.165, 1.54) is 6.07 Å². The van der Waals surface area contributed by atoms with Crippen molar-refractivity contribution in [2.45, 2.75) is 152 Å². The molecular formula is C52H61NO10. The van der Waals surface area contributed by atoms with E-state index in [1.54, 1.807) is 25.1 Å². The molecule has 5 aliphatic rings. The van der Waals surface area contributed by atoms with E-state index in [2.05, 4.69) is 23.2 Å². The summed E-state index contributed by atoms with van der Waals surface area (Å²) in [6.45, 7) is 3.57. The summed E-state index contributed by atoms with van der Waals surface area (Å²) in [6, 6.07) is 16.8. The van der Waals surface area contributed by atoms with Gasteiger partial charge in [0.25, 0.3) is 0 Å². The lowest BCUT2D eigenvalue weighted by molar-refractivity contribution is -0.176. The van der Waals surface area contributed by atoms with Crippen molar-refractivity contribution in [2.75, 3.05) is 11.9 Å². The van der Waals surface area contributed by atoms with Crippen molar-refractivity contribution >= 4 is 23.4 Å². The molecule has 0 unspecified atom stereocenters. The Bertz CT molecular complexity index is 2320. The minimum absolute atomic E-state index is 0.0322. The zero-order chi connectivity index (χ0) is 44.5. The van der Waals surface area contributed by atoms with Crippen molar-refractivity contribution in [3.8, 4) is 23.3 Å². The van der Waals surface area contributed by atoms with Crippen molar-refractivity contribution in [1.29, 1.82) is 0 Å². The number of esters is 2. The molecule has 8 bridgehead atoms. The summed E-state index contributed by atoms with van der Waals surface area (Å²) in [5, 5.41) is 61.3. The number of fused-ring (bicyclic) bond motifs is 9. The van der Waals surface area contributed by atoms with Gasteiger partial charge in [-0.15, -0.1) is 0 Å². The molecule has 2 saturated carbocycles. The number of Topliss-reactive ketones (excluding diaryl/α,β-unsaturated/α-hetero) is 1. The molecular weight excluding hydrogens is 799 g/mol. The first kappa shape index (κ1) is 44.6. The highest BCUT2D eigenvalue weighted by Crippen LogP contribution is 2.47. The van der Waals surface area contributed by atoms with Crippen LogP contribution in [0.4, 0.5) is 5.69 Å². The van der Waals surface area contributed by atoms with Crippen LogP contribution in [-0.4, -0.2) is 73.7 Å². The van der Waals surface area contributed by atoms with Gasteiger partial charge >= 0.3 is 11.9 Å². The summed E-state index contributed by atoms with van der Waals surface area (Å²) < 4.78 is 12.3. The van der Waals surface area contributed by atoms with Crippen LogP contribution in [0.2, 0.25) is 0 Å². The normalized spacial score (nSPS) is 29.4. The number of nitrogens with one attached hydrogen (secondary N) is 1. The Labute approximate surface area is 369 Å². The Morgan fingerprint density at radius 3 is 2.51 bits per heavy atom. The number of phenolic OH excluding ortho intramolecular Hbond substituents is 1. The summed E-state index contributed by atoms with van der Waals surface area (Å²) in [6.07, 6.45) is 4.93.